The Bertz CT molecular complexity index is 641. The van der Waals surface area contributed by atoms with Gasteiger partial charge < -0.3 is 15.7 Å². The number of nitrogens with zero attached hydrogens (tertiary/aromatic N) is 1. The highest BCUT2D eigenvalue weighted by Crippen LogP contribution is 2.25. The first-order valence-electron chi connectivity index (χ1n) is 6.63. The van der Waals surface area contributed by atoms with Crippen LogP contribution in [0.25, 0.3) is 0 Å². The lowest BCUT2D eigenvalue weighted by Crippen LogP contribution is -2.30. The second kappa shape index (κ2) is 6.63. The van der Waals surface area contributed by atoms with E-state index in [0.29, 0.717) is 28.8 Å². The predicted octanol–water partition coefficient (Wildman–Crippen LogP) is 3.40. The lowest BCUT2D eigenvalue weighted by atomic mass is 10.1. The summed E-state index contributed by atoms with van der Waals surface area (Å²) in [7, 11) is 0. The number of amides is 1. The Hall–Kier alpha value is -2.01. The third-order valence-corrected chi connectivity index (χ3v) is 3.89. The quantitative estimate of drug-likeness (QED) is 0.832. The smallest absolute Gasteiger partial charge is 0.254 e. The molecule has 0 atom stereocenters. The van der Waals surface area contributed by atoms with Crippen molar-refractivity contribution in [3.05, 3.63) is 58.1 Å². The summed E-state index contributed by atoms with van der Waals surface area (Å²) in [6.07, 6.45) is 0. The van der Waals surface area contributed by atoms with Gasteiger partial charge in [-0.2, -0.15) is 0 Å². The number of halogens is 1. The normalized spacial score (nSPS) is 10.4. The molecule has 2 aromatic carbocycles. The predicted molar refractivity (Wildman–Crippen MR) is 87.1 cm³/mol. The van der Waals surface area contributed by atoms with Gasteiger partial charge in [0.2, 0.25) is 0 Å². The SMILES string of the molecule is CCN(Cc1ccc(N)cc1)C(=O)c1ccc(Br)c(O)c1. The Labute approximate surface area is 132 Å². The maximum absolute atomic E-state index is 12.5. The molecule has 0 aromatic heterocycles. The van der Waals surface area contributed by atoms with Crippen LogP contribution in [0.1, 0.15) is 22.8 Å². The van der Waals surface area contributed by atoms with Crippen molar-refractivity contribution in [1.82, 2.24) is 4.90 Å². The number of phenols is 1. The van der Waals surface area contributed by atoms with Gasteiger partial charge in [-0.15, -0.1) is 0 Å². The molecule has 0 radical (unpaired) electrons. The van der Waals surface area contributed by atoms with E-state index in [9.17, 15) is 9.90 Å². The minimum atomic E-state index is -0.114. The summed E-state index contributed by atoms with van der Waals surface area (Å²) in [5.41, 5.74) is 7.84. The molecule has 0 aliphatic rings. The molecule has 110 valence electrons. The Morgan fingerprint density at radius 1 is 1.24 bits per heavy atom. The summed E-state index contributed by atoms with van der Waals surface area (Å²) in [5.74, 6) is -0.0542. The van der Waals surface area contributed by atoms with Crippen LogP contribution in [0.3, 0.4) is 0 Å². The summed E-state index contributed by atoms with van der Waals surface area (Å²) in [6, 6.07) is 12.3. The monoisotopic (exact) mass is 348 g/mol. The largest absolute Gasteiger partial charge is 0.507 e. The molecule has 2 aromatic rings. The van der Waals surface area contributed by atoms with Crippen LogP contribution in [0.5, 0.6) is 5.75 Å². The number of benzene rings is 2. The zero-order chi connectivity index (χ0) is 15.4. The summed E-state index contributed by atoms with van der Waals surface area (Å²) < 4.78 is 0.570. The van der Waals surface area contributed by atoms with Crippen molar-refractivity contribution < 1.29 is 9.90 Å². The van der Waals surface area contributed by atoms with E-state index in [1.54, 1.807) is 17.0 Å². The lowest BCUT2D eigenvalue weighted by molar-refractivity contribution is 0.0752. The van der Waals surface area contributed by atoms with Crippen LogP contribution in [0.2, 0.25) is 0 Å². The first-order valence-corrected chi connectivity index (χ1v) is 7.42. The van der Waals surface area contributed by atoms with Crippen LogP contribution >= 0.6 is 15.9 Å². The topological polar surface area (TPSA) is 66.6 Å². The third-order valence-electron chi connectivity index (χ3n) is 3.22. The van der Waals surface area contributed by atoms with Crippen LogP contribution in [-0.2, 0) is 6.54 Å². The third kappa shape index (κ3) is 3.76. The summed E-state index contributed by atoms with van der Waals surface area (Å²) in [6.45, 7) is 3.01. The molecular formula is C16H17BrN2O2. The van der Waals surface area contributed by atoms with Crippen molar-refractivity contribution >= 4 is 27.5 Å². The zero-order valence-corrected chi connectivity index (χ0v) is 13.3. The average molecular weight is 349 g/mol. The fourth-order valence-electron chi connectivity index (χ4n) is 2.00. The fourth-order valence-corrected chi connectivity index (χ4v) is 2.25. The summed E-state index contributed by atoms with van der Waals surface area (Å²) >= 11 is 3.21. The summed E-state index contributed by atoms with van der Waals surface area (Å²) in [4.78, 5) is 14.2. The van der Waals surface area contributed by atoms with Gasteiger partial charge in [-0.3, -0.25) is 4.79 Å². The number of nitrogen functional groups attached to an aromatic ring is 1. The zero-order valence-electron chi connectivity index (χ0n) is 11.7. The van der Waals surface area contributed by atoms with Crippen LogP contribution in [0.4, 0.5) is 5.69 Å². The van der Waals surface area contributed by atoms with Crippen molar-refractivity contribution in [3.8, 4) is 5.75 Å². The summed E-state index contributed by atoms with van der Waals surface area (Å²) in [5, 5.41) is 9.69. The number of aromatic hydroxyl groups is 1. The molecule has 0 aliphatic carbocycles. The van der Waals surface area contributed by atoms with Gasteiger partial charge in [-0.1, -0.05) is 12.1 Å². The molecule has 0 spiro atoms. The van der Waals surface area contributed by atoms with Gasteiger partial charge in [0, 0.05) is 24.3 Å². The lowest BCUT2D eigenvalue weighted by Gasteiger charge is -2.21. The molecule has 0 saturated heterocycles. The van der Waals surface area contributed by atoms with Gasteiger partial charge in [0.25, 0.3) is 5.91 Å². The van der Waals surface area contributed by atoms with E-state index < -0.39 is 0 Å². The molecule has 1 amide bonds. The van der Waals surface area contributed by atoms with Crippen molar-refractivity contribution in [1.29, 1.82) is 0 Å². The molecule has 0 aliphatic heterocycles. The molecular weight excluding hydrogens is 332 g/mol. The second-order valence-electron chi connectivity index (χ2n) is 4.73. The maximum atomic E-state index is 12.5. The van der Waals surface area contributed by atoms with Crippen LogP contribution in [-0.4, -0.2) is 22.5 Å². The first kappa shape index (κ1) is 15.4. The number of carbonyl (C=O) groups is 1. The van der Waals surface area contributed by atoms with E-state index in [1.165, 1.54) is 6.07 Å². The first-order chi connectivity index (χ1) is 10.0. The molecule has 21 heavy (non-hydrogen) atoms. The molecule has 0 bridgehead atoms. The van der Waals surface area contributed by atoms with Gasteiger partial charge >= 0.3 is 0 Å². The Morgan fingerprint density at radius 2 is 1.90 bits per heavy atom. The minimum absolute atomic E-state index is 0.0596. The minimum Gasteiger partial charge on any atom is -0.507 e. The van der Waals surface area contributed by atoms with Crippen LogP contribution < -0.4 is 5.73 Å². The van der Waals surface area contributed by atoms with E-state index in [4.69, 9.17) is 5.73 Å². The molecule has 0 saturated carbocycles. The Kier molecular flexibility index (Phi) is 4.85. The Morgan fingerprint density at radius 3 is 2.48 bits per heavy atom. The van der Waals surface area contributed by atoms with E-state index in [-0.39, 0.29) is 11.7 Å². The van der Waals surface area contributed by atoms with Gasteiger partial charge in [0.1, 0.15) is 5.75 Å². The number of hydrogen-bond donors (Lipinski definition) is 2. The number of rotatable bonds is 4. The van der Waals surface area contributed by atoms with Gasteiger partial charge in [-0.05, 0) is 58.7 Å². The highest BCUT2D eigenvalue weighted by Gasteiger charge is 2.15. The van der Waals surface area contributed by atoms with Crippen molar-refractivity contribution in [3.63, 3.8) is 0 Å². The molecule has 5 heteroatoms. The number of phenolic OH excluding ortho intramolecular Hbond substituents is 1. The fraction of sp³-hybridized carbons (Fsp3) is 0.188. The Balaban J connectivity index is 2.18. The van der Waals surface area contributed by atoms with E-state index >= 15 is 0 Å². The van der Waals surface area contributed by atoms with Crippen molar-refractivity contribution in [2.75, 3.05) is 12.3 Å². The maximum Gasteiger partial charge on any atom is 0.254 e. The molecule has 0 fully saturated rings. The standard InChI is InChI=1S/C16H17BrN2O2/c1-2-19(10-11-3-6-13(18)7-4-11)16(21)12-5-8-14(17)15(20)9-12/h3-9,20H,2,10,18H2,1H3. The van der Waals surface area contributed by atoms with E-state index in [0.717, 1.165) is 5.56 Å². The second-order valence-corrected chi connectivity index (χ2v) is 5.58. The molecule has 0 unspecified atom stereocenters. The average Bonchev–Trinajstić information content (AvgIpc) is 2.49. The number of nitrogens with two attached hydrogens (primary N) is 1. The van der Waals surface area contributed by atoms with Crippen molar-refractivity contribution in [2.24, 2.45) is 0 Å². The van der Waals surface area contributed by atoms with E-state index in [2.05, 4.69) is 15.9 Å². The molecule has 2 rings (SSSR count). The van der Waals surface area contributed by atoms with E-state index in [1.807, 2.05) is 31.2 Å². The van der Waals surface area contributed by atoms with Gasteiger partial charge in [-0.25, -0.2) is 0 Å². The molecule has 0 heterocycles. The van der Waals surface area contributed by atoms with Gasteiger partial charge in [0.15, 0.2) is 0 Å². The van der Waals surface area contributed by atoms with Crippen LogP contribution in [0.15, 0.2) is 46.9 Å². The highest BCUT2D eigenvalue weighted by molar-refractivity contribution is 9.10. The molecule has 3 N–H and O–H groups in total. The number of hydrogen-bond acceptors (Lipinski definition) is 3. The number of carbonyl (C=O) groups excluding carboxylic acids is 1. The van der Waals surface area contributed by atoms with Gasteiger partial charge in [0.05, 0.1) is 4.47 Å². The highest BCUT2D eigenvalue weighted by atomic mass is 79.9. The molecule has 4 nitrogen and oxygen atoms in total. The van der Waals surface area contributed by atoms with Crippen LogP contribution in [0, 0.1) is 0 Å². The number of anilines is 1. The van der Waals surface area contributed by atoms with Crippen molar-refractivity contribution in [2.45, 2.75) is 13.5 Å².